The molecule has 5 aromatic rings. The highest BCUT2D eigenvalue weighted by Gasteiger charge is 2.27. The third-order valence-electron chi connectivity index (χ3n) is 6.80. The molecule has 1 fully saturated rings. The molecule has 0 bridgehead atoms. The van der Waals surface area contributed by atoms with Crippen molar-refractivity contribution >= 4 is 40.4 Å². The van der Waals surface area contributed by atoms with Crippen molar-refractivity contribution in [3.05, 3.63) is 89.0 Å². The minimum absolute atomic E-state index is 0.0389. The maximum atomic E-state index is 14.4. The summed E-state index contributed by atoms with van der Waals surface area (Å²) >= 11 is 0. The number of nitrogen functional groups attached to an aromatic ring is 2. The number of halogens is 2. The molecule has 43 heavy (non-hydrogen) atoms. The summed E-state index contributed by atoms with van der Waals surface area (Å²) in [6.45, 7) is -0.245. The number of hydrogen-bond acceptors (Lipinski definition) is 9. The number of hydrogen-bond donors (Lipinski definition) is 4. The van der Waals surface area contributed by atoms with Crippen LogP contribution in [0, 0.1) is 11.6 Å². The number of fused-ring (bicyclic) bond motifs is 1. The van der Waals surface area contributed by atoms with Crippen molar-refractivity contribution in [2.24, 2.45) is 0 Å². The van der Waals surface area contributed by atoms with Gasteiger partial charge < -0.3 is 21.9 Å². The second kappa shape index (κ2) is 10.9. The molecule has 4 heterocycles. The molecule has 0 aliphatic heterocycles. The summed E-state index contributed by atoms with van der Waals surface area (Å²) in [6, 6.07) is 10.5. The van der Waals surface area contributed by atoms with Crippen LogP contribution >= 0.6 is 0 Å². The Labute approximate surface area is 242 Å². The predicted octanol–water partition coefficient (Wildman–Crippen LogP) is 3.22. The van der Waals surface area contributed by atoms with Crippen LogP contribution in [-0.2, 0) is 13.0 Å². The molecule has 4 aromatic heterocycles. The summed E-state index contributed by atoms with van der Waals surface area (Å²) in [7, 11) is 0. The summed E-state index contributed by atoms with van der Waals surface area (Å²) in [5.41, 5.74) is 13.9. The molecular formula is C28H24F2N10O3. The topological polar surface area (TPSA) is 191 Å². The molecule has 0 atom stereocenters. The van der Waals surface area contributed by atoms with Gasteiger partial charge in [-0.25, -0.2) is 18.6 Å². The second-order valence-corrected chi connectivity index (χ2v) is 9.96. The largest absolute Gasteiger partial charge is 0.465 e. The number of amides is 2. The molecule has 1 aromatic carbocycles. The lowest BCUT2D eigenvalue weighted by Crippen LogP contribution is -2.31. The highest BCUT2D eigenvalue weighted by atomic mass is 19.1. The Morgan fingerprint density at radius 1 is 1.07 bits per heavy atom. The summed E-state index contributed by atoms with van der Waals surface area (Å²) in [5.74, 6) is -2.24. The highest BCUT2D eigenvalue weighted by molar-refractivity contribution is 5.95. The molecule has 0 spiro atoms. The van der Waals surface area contributed by atoms with Crippen molar-refractivity contribution in [1.29, 1.82) is 0 Å². The maximum absolute atomic E-state index is 14.4. The number of aromatic nitrogens is 6. The third-order valence-corrected chi connectivity index (χ3v) is 6.80. The molecule has 0 radical (unpaired) electrons. The number of anilines is 3. The Morgan fingerprint density at radius 2 is 1.81 bits per heavy atom. The quantitative estimate of drug-likeness (QED) is 0.210. The van der Waals surface area contributed by atoms with E-state index in [9.17, 15) is 23.5 Å². The molecule has 0 saturated heterocycles. The summed E-state index contributed by atoms with van der Waals surface area (Å²) in [4.78, 5) is 42.3. The molecule has 1 saturated carbocycles. The minimum atomic E-state index is -1.40. The zero-order chi connectivity index (χ0) is 30.2. The van der Waals surface area contributed by atoms with E-state index in [2.05, 4.69) is 30.4 Å². The second-order valence-electron chi connectivity index (χ2n) is 9.96. The number of nitrogens with zero attached hydrogens (tertiary/aromatic N) is 7. The fourth-order valence-corrected chi connectivity index (χ4v) is 4.59. The van der Waals surface area contributed by atoms with E-state index >= 15 is 0 Å². The molecule has 15 heteroatoms. The summed E-state index contributed by atoms with van der Waals surface area (Å²) < 4.78 is 29.8. The van der Waals surface area contributed by atoms with Gasteiger partial charge in [-0.05, 0) is 42.2 Å². The van der Waals surface area contributed by atoms with Gasteiger partial charge in [0.1, 0.15) is 28.5 Å². The van der Waals surface area contributed by atoms with Crippen LogP contribution in [0.15, 0.2) is 54.9 Å². The smallest absolute Gasteiger partial charge is 0.412 e. The first-order chi connectivity index (χ1) is 20.7. The Morgan fingerprint density at radius 3 is 2.51 bits per heavy atom. The highest BCUT2D eigenvalue weighted by Crippen LogP contribution is 2.31. The Hall–Kier alpha value is -5.73. The van der Waals surface area contributed by atoms with Crippen molar-refractivity contribution in [3.63, 3.8) is 0 Å². The van der Waals surface area contributed by atoms with E-state index < -0.39 is 17.7 Å². The molecule has 1 aliphatic carbocycles. The van der Waals surface area contributed by atoms with Gasteiger partial charge in [0.05, 0.1) is 24.0 Å². The number of carboxylic acid groups (broad SMARTS) is 1. The average molecular weight is 587 g/mol. The number of pyridine rings is 2. The number of rotatable bonds is 8. The van der Waals surface area contributed by atoms with Crippen LogP contribution in [0.1, 0.15) is 40.2 Å². The zero-order valence-corrected chi connectivity index (χ0v) is 22.4. The zero-order valence-electron chi connectivity index (χ0n) is 22.4. The normalized spacial score (nSPS) is 12.8. The van der Waals surface area contributed by atoms with E-state index in [0.29, 0.717) is 16.8 Å². The maximum Gasteiger partial charge on any atom is 0.412 e. The number of carbonyl (C=O) groups is 2. The van der Waals surface area contributed by atoms with Gasteiger partial charge in [-0.3, -0.25) is 14.7 Å². The Balaban J connectivity index is 1.35. The SMILES string of the molecule is Nc1nc(-n2nc(Cc3ccccc3F)c3ncc(F)cc32)nc(N)c1N(Cc1ccnc(C(=O)NC2CC2)c1)C(=O)O. The van der Waals surface area contributed by atoms with Gasteiger partial charge in [-0.2, -0.15) is 19.7 Å². The number of nitrogens with one attached hydrogen (secondary N) is 1. The van der Waals surface area contributed by atoms with Crippen LogP contribution in [0.3, 0.4) is 0 Å². The van der Waals surface area contributed by atoms with Crippen molar-refractivity contribution in [2.45, 2.75) is 31.8 Å². The van der Waals surface area contributed by atoms with Crippen molar-refractivity contribution in [3.8, 4) is 5.95 Å². The lowest BCUT2D eigenvalue weighted by atomic mass is 10.1. The van der Waals surface area contributed by atoms with Gasteiger partial charge in [0, 0.05) is 24.7 Å². The lowest BCUT2D eigenvalue weighted by molar-refractivity contribution is 0.0946. The molecule has 6 rings (SSSR count). The van der Waals surface area contributed by atoms with Gasteiger partial charge in [-0.1, -0.05) is 18.2 Å². The Bertz CT molecular complexity index is 1870. The molecule has 13 nitrogen and oxygen atoms in total. The first kappa shape index (κ1) is 27.4. The number of nitrogens with two attached hydrogens (primary N) is 2. The monoisotopic (exact) mass is 586 g/mol. The molecule has 6 N–H and O–H groups in total. The van der Waals surface area contributed by atoms with Gasteiger partial charge in [0.25, 0.3) is 11.9 Å². The fourth-order valence-electron chi connectivity index (χ4n) is 4.59. The Kier molecular flexibility index (Phi) is 6.97. The van der Waals surface area contributed by atoms with Crippen LogP contribution in [0.25, 0.3) is 17.0 Å². The first-order valence-electron chi connectivity index (χ1n) is 13.1. The predicted molar refractivity (Wildman–Crippen MR) is 151 cm³/mol. The molecule has 218 valence electrons. The van der Waals surface area contributed by atoms with Gasteiger partial charge in [0.2, 0.25) is 0 Å². The lowest BCUT2D eigenvalue weighted by Gasteiger charge is -2.22. The third kappa shape index (κ3) is 5.59. The van der Waals surface area contributed by atoms with E-state index in [1.165, 1.54) is 18.3 Å². The van der Waals surface area contributed by atoms with Gasteiger partial charge in [-0.15, -0.1) is 0 Å². The molecule has 2 amide bonds. The van der Waals surface area contributed by atoms with Crippen LogP contribution in [0.5, 0.6) is 0 Å². The van der Waals surface area contributed by atoms with Crippen molar-refractivity contribution in [2.75, 3.05) is 16.4 Å². The molecular weight excluding hydrogens is 562 g/mol. The van der Waals surface area contributed by atoms with Gasteiger partial charge in [0.15, 0.2) is 11.6 Å². The van der Waals surface area contributed by atoms with E-state index in [-0.39, 0.29) is 64.9 Å². The van der Waals surface area contributed by atoms with E-state index in [4.69, 9.17) is 11.5 Å². The molecule has 0 unspecified atom stereocenters. The standard InChI is InChI=1S/C28H24F2N10O3/c29-16-11-21-22(34-12-16)19(10-15-3-1-2-4-18(15)30)38-40(21)27-36-24(31)23(25(32)37-27)39(28(42)43)13-14-7-8-33-20(9-14)26(41)35-17-5-6-17/h1-4,7-9,11-12,17H,5-6,10,13H2,(H,35,41)(H,42,43)(H4,31,32,36,37). The average Bonchev–Trinajstić information content (AvgIpc) is 3.72. The van der Waals surface area contributed by atoms with Crippen LogP contribution < -0.4 is 21.7 Å². The van der Waals surface area contributed by atoms with Crippen LogP contribution in [-0.4, -0.2) is 52.9 Å². The van der Waals surface area contributed by atoms with Crippen LogP contribution in [0.2, 0.25) is 0 Å². The first-order valence-corrected chi connectivity index (χ1v) is 13.1. The summed E-state index contributed by atoms with van der Waals surface area (Å²) in [6.07, 6.45) is 2.85. The number of carbonyl (C=O) groups excluding carboxylic acids is 1. The van der Waals surface area contributed by atoms with Gasteiger partial charge >= 0.3 is 6.09 Å². The van der Waals surface area contributed by atoms with Crippen molar-refractivity contribution < 1.29 is 23.5 Å². The molecule has 1 aliphatic rings. The number of benzene rings is 1. The fraction of sp³-hybridized carbons (Fsp3) is 0.179. The van der Waals surface area contributed by atoms with E-state index in [1.807, 2.05) is 0 Å². The van der Waals surface area contributed by atoms with Crippen LogP contribution in [0.4, 0.5) is 30.9 Å². The van der Waals surface area contributed by atoms with E-state index in [0.717, 1.165) is 34.7 Å². The van der Waals surface area contributed by atoms with Crippen molar-refractivity contribution in [1.82, 2.24) is 35.0 Å². The summed E-state index contributed by atoms with van der Waals surface area (Å²) in [5, 5.41) is 17.3. The van der Waals surface area contributed by atoms with E-state index in [1.54, 1.807) is 24.3 Å². The minimum Gasteiger partial charge on any atom is -0.465 e.